The van der Waals surface area contributed by atoms with E-state index in [0.717, 1.165) is 23.8 Å². The lowest BCUT2D eigenvalue weighted by molar-refractivity contribution is 0.554. The summed E-state index contributed by atoms with van der Waals surface area (Å²) in [5, 5.41) is 2.90. The Hall–Kier alpha value is -1.81. The molecule has 0 amide bonds. The van der Waals surface area contributed by atoms with Gasteiger partial charge in [0.15, 0.2) is 0 Å². The van der Waals surface area contributed by atoms with E-state index in [2.05, 4.69) is 5.32 Å². The molecule has 0 aromatic heterocycles. The summed E-state index contributed by atoms with van der Waals surface area (Å²) in [7, 11) is 1.62. The highest BCUT2D eigenvalue weighted by Gasteiger charge is 2.19. The second kappa shape index (κ2) is 5.45. The quantitative estimate of drug-likeness (QED) is 0.891. The van der Waals surface area contributed by atoms with Crippen molar-refractivity contribution in [1.29, 1.82) is 0 Å². The average molecular weight is 265 g/mol. The van der Waals surface area contributed by atoms with Gasteiger partial charge in [0.25, 0.3) is 0 Å². The van der Waals surface area contributed by atoms with Crippen LogP contribution in [-0.4, -0.2) is 7.05 Å². The molecule has 0 radical (unpaired) electrons. The Kier molecular flexibility index (Phi) is 3.90. The van der Waals surface area contributed by atoms with E-state index in [4.69, 9.17) is 0 Å². The van der Waals surface area contributed by atoms with Crippen LogP contribution in [0.4, 0.5) is 13.2 Å². The molecular formula is C15H14F3N. The van der Waals surface area contributed by atoms with Gasteiger partial charge in [-0.25, -0.2) is 13.2 Å². The van der Waals surface area contributed by atoms with Gasteiger partial charge in [-0.3, -0.25) is 0 Å². The normalized spacial score (nSPS) is 12.5. The van der Waals surface area contributed by atoms with Gasteiger partial charge in [-0.15, -0.1) is 0 Å². The molecule has 0 fully saturated rings. The number of hydrogen-bond donors (Lipinski definition) is 1. The zero-order chi connectivity index (χ0) is 14.0. The third-order valence-electron chi connectivity index (χ3n) is 3.11. The predicted octanol–water partition coefficient (Wildman–Crippen LogP) is 3.72. The number of hydrogen-bond acceptors (Lipinski definition) is 1. The predicted molar refractivity (Wildman–Crippen MR) is 68.4 cm³/mol. The lowest BCUT2D eigenvalue weighted by Gasteiger charge is -2.20. The van der Waals surface area contributed by atoms with E-state index in [-0.39, 0.29) is 5.56 Å². The SMILES string of the molecule is CNC(c1cc(F)ccc1C)c1cc(F)ccc1F. The van der Waals surface area contributed by atoms with Crippen molar-refractivity contribution >= 4 is 0 Å². The van der Waals surface area contributed by atoms with Crippen LogP contribution in [0.1, 0.15) is 22.7 Å². The maximum absolute atomic E-state index is 13.8. The third kappa shape index (κ3) is 2.79. The van der Waals surface area contributed by atoms with Crippen molar-refractivity contribution in [3.8, 4) is 0 Å². The number of halogens is 3. The summed E-state index contributed by atoms with van der Waals surface area (Å²) in [6, 6.07) is 6.96. The van der Waals surface area contributed by atoms with Crippen LogP contribution in [0.2, 0.25) is 0 Å². The van der Waals surface area contributed by atoms with Gasteiger partial charge in [-0.05, 0) is 55.4 Å². The van der Waals surface area contributed by atoms with Crippen LogP contribution in [-0.2, 0) is 0 Å². The van der Waals surface area contributed by atoms with Crippen molar-refractivity contribution in [1.82, 2.24) is 5.32 Å². The van der Waals surface area contributed by atoms with Gasteiger partial charge in [0, 0.05) is 5.56 Å². The molecule has 0 heterocycles. The molecule has 4 heteroatoms. The molecule has 2 aromatic carbocycles. The molecule has 1 atom stereocenters. The maximum Gasteiger partial charge on any atom is 0.128 e. The lowest BCUT2D eigenvalue weighted by atomic mass is 9.94. The summed E-state index contributed by atoms with van der Waals surface area (Å²) in [4.78, 5) is 0. The van der Waals surface area contributed by atoms with Crippen molar-refractivity contribution in [3.63, 3.8) is 0 Å². The molecule has 0 bridgehead atoms. The van der Waals surface area contributed by atoms with E-state index in [1.165, 1.54) is 12.1 Å². The standard InChI is InChI=1S/C15H14F3N/c1-9-3-4-10(16)7-12(9)15(19-2)13-8-11(17)5-6-14(13)18/h3-8,15,19H,1-2H3. The van der Waals surface area contributed by atoms with Crippen molar-refractivity contribution in [3.05, 3.63) is 70.5 Å². The zero-order valence-corrected chi connectivity index (χ0v) is 10.7. The van der Waals surface area contributed by atoms with Crippen LogP contribution < -0.4 is 5.32 Å². The first kappa shape index (κ1) is 13.6. The molecule has 0 aliphatic heterocycles. The molecule has 0 spiro atoms. The molecule has 0 aliphatic carbocycles. The van der Waals surface area contributed by atoms with Gasteiger partial charge in [0.1, 0.15) is 17.5 Å². The van der Waals surface area contributed by atoms with E-state index in [9.17, 15) is 13.2 Å². The fraction of sp³-hybridized carbons (Fsp3) is 0.200. The van der Waals surface area contributed by atoms with Crippen molar-refractivity contribution in [2.45, 2.75) is 13.0 Å². The van der Waals surface area contributed by atoms with Crippen LogP contribution in [0.15, 0.2) is 36.4 Å². The summed E-state index contributed by atoms with van der Waals surface area (Å²) in [5.41, 5.74) is 1.56. The number of nitrogens with one attached hydrogen (secondary N) is 1. The van der Waals surface area contributed by atoms with Crippen LogP contribution >= 0.6 is 0 Å². The summed E-state index contributed by atoms with van der Waals surface area (Å²) in [5.74, 6) is -1.45. The topological polar surface area (TPSA) is 12.0 Å². The molecule has 2 aromatic rings. The third-order valence-corrected chi connectivity index (χ3v) is 3.11. The van der Waals surface area contributed by atoms with Crippen molar-refractivity contribution in [2.24, 2.45) is 0 Å². The van der Waals surface area contributed by atoms with Crippen molar-refractivity contribution in [2.75, 3.05) is 7.05 Å². The van der Waals surface area contributed by atoms with Gasteiger partial charge >= 0.3 is 0 Å². The Morgan fingerprint density at radius 2 is 1.47 bits per heavy atom. The Morgan fingerprint density at radius 3 is 2.11 bits per heavy atom. The first-order valence-electron chi connectivity index (χ1n) is 5.91. The Balaban J connectivity index is 2.55. The van der Waals surface area contributed by atoms with E-state index in [1.54, 1.807) is 20.0 Å². The Morgan fingerprint density at radius 1 is 0.895 bits per heavy atom. The van der Waals surface area contributed by atoms with Gasteiger partial charge in [0.05, 0.1) is 6.04 Å². The van der Waals surface area contributed by atoms with Crippen molar-refractivity contribution < 1.29 is 13.2 Å². The van der Waals surface area contributed by atoms with E-state index >= 15 is 0 Å². The average Bonchev–Trinajstić information content (AvgIpc) is 2.38. The highest BCUT2D eigenvalue weighted by molar-refractivity contribution is 5.38. The van der Waals surface area contributed by atoms with E-state index < -0.39 is 23.5 Å². The smallest absolute Gasteiger partial charge is 0.128 e. The second-order valence-corrected chi connectivity index (χ2v) is 4.39. The van der Waals surface area contributed by atoms with Crippen LogP contribution in [0, 0.1) is 24.4 Å². The van der Waals surface area contributed by atoms with Gasteiger partial charge in [-0.2, -0.15) is 0 Å². The highest BCUT2D eigenvalue weighted by Crippen LogP contribution is 2.27. The molecule has 0 saturated heterocycles. The zero-order valence-electron chi connectivity index (χ0n) is 10.7. The first-order valence-corrected chi connectivity index (χ1v) is 5.91. The summed E-state index contributed by atoms with van der Waals surface area (Å²) in [6.45, 7) is 1.80. The largest absolute Gasteiger partial charge is 0.309 e. The van der Waals surface area contributed by atoms with Crippen LogP contribution in [0.25, 0.3) is 0 Å². The highest BCUT2D eigenvalue weighted by atomic mass is 19.1. The number of aryl methyl sites for hydroxylation is 1. The summed E-state index contributed by atoms with van der Waals surface area (Å²) in [6.07, 6.45) is 0. The lowest BCUT2D eigenvalue weighted by Crippen LogP contribution is -2.20. The molecule has 19 heavy (non-hydrogen) atoms. The fourth-order valence-corrected chi connectivity index (χ4v) is 2.14. The van der Waals surface area contributed by atoms with Crippen LogP contribution in [0.3, 0.4) is 0 Å². The molecular weight excluding hydrogens is 251 g/mol. The van der Waals surface area contributed by atoms with Gasteiger partial charge in [0.2, 0.25) is 0 Å². The molecule has 100 valence electrons. The molecule has 1 N–H and O–H groups in total. The molecule has 0 aliphatic rings. The minimum atomic E-state index is -0.591. The minimum Gasteiger partial charge on any atom is -0.309 e. The minimum absolute atomic E-state index is 0.163. The summed E-state index contributed by atoms with van der Waals surface area (Å²) < 4.78 is 40.4. The number of rotatable bonds is 3. The van der Waals surface area contributed by atoms with Crippen LogP contribution in [0.5, 0.6) is 0 Å². The van der Waals surface area contributed by atoms with Gasteiger partial charge in [-0.1, -0.05) is 6.07 Å². The second-order valence-electron chi connectivity index (χ2n) is 4.39. The number of benzene rings is 2. The maximum atomic E-state index is 13.8. The Bertz CT molecular complexity index is 544. The van der Waals surface area contributed by atoms with E-state index in [0.29, 0.717) is 5.56 Å². The van der Waals surface area contributed by atoms with Gasteiger partial charge < -0.3 is 5.32 Å². The molecule has 1 unspecified atom stereocenters. The summed E-state index contributed by atoms with van der Waals surface area (Å²) >= 11 is 0. The molecule has 1 nitrogen and oxygen atoms in total. The van der Waals surface area contributed by atoms with E-state index in [1.807, 2.05) is 0 Å². The fourth-order valence-electron chi connectivity index (χ4n) is 2.14. The first-order chi connectivity index (χ1) is 9.02. The molecule has 0 saturated carbocycles. The molecule has 2 rings (SSSR count). The Labute approximate surface area is 110 Å². The monoisotopic (exact) mass is 265 g/mol.